The second-order valence-corrected chi connectivity index (χ2v) is 5.44. The topological polar surface area (TPSA) is 54.0 Å². The largest absolute Gasteiger partial charge is 0.334 e. The monoisotopic (exact) mass is 337 g/mol. The molecular formula is C13H12BrN3OS. The highest BCUT2D eigenvalue weighted by molar-refractivity contribution is 9.10. The molecule has 19 heavy (non-hydrogen) atoms. The zero-order chi connectivity index (χ0) is 13.7. The molecule has 0 bridgehead atoms. The Morgan fingerprint density at radius 2 is 2.16 bits per heavy atom. The first kappa shape index (κ1) is 13.8. The van der Waals surface area contributed by atoms with E-state index in [1.165, 1.54) is 11.3 Å². The molecule has 0 radical (unpaired) electrons. The van der Waals surface area contributed by atoms with Crippen LogP contribution in [0.4, 0.5) is 9.93 Å². The normalized spacial score (nSPS) is 9.95. The van der Waals surface area contributed by atoms with Gasteiger partial charge < -0.3 is 5.32 Å². The van der Waals surface area contributed by atoms with E-state index < -0.39 is 0 Å². The number of rotatable bonds is 4. The maximum Gasteiger partial charge on any atom is 0.321 e. The van der Waals surface area contributed by atoms with Crippen molar-refractivity contribution in [3.05, 3.63) is 46.8 Å². The highest BCUT2D eigenvalue weighted by Crippen LogP contribution is 2.25. The summed E-state index contributed by atoms with van der Waals surface area (Å²) in [6.45, 7) is 3.96. The van der Waals surface area contributed by atoms with Gasteiger partial charge in [0.2, 0.25) is 0 Å². The number of carbonyl (C=O) groups excluding carboxylic acids is 1. The highest BCUT2D eigenvalue weighted by Gasteiger charge is 2.07. The minimum Gasteiger partial charge on any atom is -0.334 e. The molecule has 6 heteroatoms. The van der Waals surface area contributed by atoms with E-state index in [2.05, 4.69) is 38.1 Å². The number of halogens is 1. The molecule has 0 atom stereocenters. The van der Waals surface area contributed by atoms with Gasteiger partial charge in [0.05, 0.1) is 5.69 Å². The summed E-state index contributed by atoms with van der Waals surface area (Å²) in [5, 5.41) is 7.79. The van der Waals surface area contributed by atoms with Crippen molar-refractivity contribution >= 4 is 38.4 Å². The average molecular weight is 338 g/mol. The molecule has 2 aromatic rings. The van der Waals surface area contributed by atoms with E-state index in [-0.39, 0.29) is 6.03 Å². The van der Waals surface area contributed by atoms with E-state index in [0.29, 0.717) is 11.7 Å². The van der Waals surface area contributed by atoms with E-state index in [4.69, 9.17) is 0 Å². The van der Waals surface area contributed by atoms with Crippen LogP contribution < -0.4 is 10.6 Å². The third-order valence-electron chi connectivity index (χ3n) is 2.27. The van der Waals surface area contributed by atoms with Gasteiger partial charge in [0.1, 0.15) is 0 Å². The third kappa shape index (κ3) is 3.90. The minimum atomic E-state index is -0.281. The second-order valence-electron chi connectivity index (χ2n) is 3.67. The summed E-state index contributed by atoms with van der Waals surface area (Å²) < 4.78 is 1.02. The summed E-state index contributed by atoms with van der Waals surface area (Å²) >= 11 is 4.78. The van der Waals surface area contributed by atoms with Crippen molar-refractivity contribution in [3.8, 4) is 11.3 Å². The van der Waals surface area contributed by atoms with Crippen LogP contribution in [-0.4, -0.2) is 17.6 Å². The number of hydrogen-bond acceptors (Lipinski definition) is 3. The number of benzene rings is 1. The van der Waals surface area contributed by atoms with E-state index in [1.807, 2.05) is 29.6 Å². The van der Waals surface area contributed by atoms with Crippen LogP contribution in [0.3, 0.4) is 0 Å². The van der Waals surface area contributed by atoms with Gasteiger partial charge in [0.25, 0.3) is 0 Å². The highest BCUT2D eigenvalue weighted by atomic mass is 79.9. The van der Waals surface area contributed by atoms with Crippen LogP contribution in [0.5, 0.6) is 0 Å². The Kier molecular flexibility index (Phi) is 4.70. The number of nitrogens with one attached hydrogen (secondary N) is 2. The maximum absolute atomic E-state index is 11.5. The number of nitrogens with zero attached hydrogens (tertiary/aromatic N) is 1. The number of thiazole rings is 1. The first-order valence-electron chi connectivity index (χ1n) is 5.56. The lowest BCUT2D eigenvalue weighted by Crippen LogP contribution is -2.28. The summed E-state index contributed by atoms with van der Waals surface area (Å²) in [6, 6.07) is 7.58. The number of amides is 2. The van der Waals surface area contributed by atoms with Crippen molar-refractivity contribution in [2.24, 2.45) is 0 Å². The molecule has 0 aliphatic heterocycles. The zero-order valence-corrected chi connectivity index (χ0v) is 12.4. The predicted octanol–water partition coefficient (Wildman–Crippen LogP) is 3.88. The number of carbonyl (C=O) groups is 1. The van der Waals surface area contributed by atoms with Crippen LogP contribution >= 0.6 is 27.3 Å². The van der Waals surface area contributed by atoms with Gasteiger partial charge in [-0.25, -0.2) is 9.78 Å². The molecule has 1 aromatic carbocycles. The smallest absolute Gasteiger partial charge is 0.321 e. The molecule has 0 saturated carbocycles. The van der Waals surface area contributed by atoms with Crippen LogP contribution in [0.2, 0.25) is 0 Å². The SMILES string of the molecule is C=CCNC(=O)Nc1nc(-c2ccc(Br)cc2)cs1. The summed E-state index contributed by atoms with van der Waals surface area (Å²) in [5.41, 5.74) is 1.86. The Morgan fingerprint density at radius 3 is 2.84 bits per heavy atom. The molecule has 0 spiro atoms. The Hall–Kier alpha value is -1.66. The molecule has 2 rings (SSSR count). The molecule has 2 amide bonds. The summed E-state index contributed by atoms with van der Waals surface area (Å²) in [7, 11) is 0. The quantitative estimate of drug-likeness (QED) is 0.832. The van der Waals surface area contributed by atoms with Gasteiger partial charge in [-0.1, -0.05) is 34.1 Å². The summed E-state index contributed by atoms with van der Waals surface area (Å²) in [5.74, 6) is 0. The molecule has 4 nitrogen and oxygen atoms in total. The average Bonchev–Trinajstić information content (AvgIpc) is 2.85. The number of anilines is 1. The van der Waals surface area contributed by atoms with Crippen molar-refractivity contribution in [2.45, 2.75) is 0 Å². The predicted molar refractivity (Wildman–Crippen MR) is 82.5 cm³/mol. The number of aromatic nitrogens is 1. The van der Waals surface area contributed by atoms with Crippen LogP contribution in [-0.2, 0) is 0 Å². The van der Waals surface area contributed by atoms with E-state index >= 15 is 0 Å². The first-order valence-corrected chi connectivity index (χ1v) is 7.23. The lowest BCUT2D eigenvalue weighted by molar-refractivity contribution is 0.253. The molecular weight excluding hydrogens is 326 g/mol. The lowest BCUT2D eigenvalue weighted by Gasteiger charge is -2.01. The molecule has 0 fully saturated rings. The van der Waals surface area contributed by atoms with Crippen molar-refractivity contribution in [2.75, 3.05) is 11.9 Å². The fourth-order valence-corrected chi connectivity index (χ4v) is 2.37. The van der Waals surface area contributed by atoms with E-state index in [1.54, 1.807) is 6.08 Å². The van der Waals surface area contributed by atoms with Crippen molar-refractivity contribution in [1.29, 1.82) is 0 Å². The van der Waals surface area contributed by atoms with E-state index in [9.17, 15) is 4.79 Å². The molecule has 98 valence electrons. The van der Waals surface area contributed by atoms with Gasteiger partial charge in [-0.3, -0.25) is 5.32 Å². The van der Waals surface area contributed by atoms with Crippen LogP contribution in [0, 0.1) is 0 Å². The Balaban J connectivity index is 2.04. The van der Waals surface area contributed by atoms with Crippen LogP contribution in [0.1, 0.15) is 0 Å². The van der Waals surface area contributed by atoms with Gasteiger partial charge in [-0.05, 0) is 12.1 Å². The van der Waals surface area contributed by atoms with Crippen LogP contribution in [0.25, 0.3) is 11.3 Å². The second kappa shape index (κ2) is 6.49. The molecule has 0 aliphatic carbocycles. The van der Waals surface area contributed by atoms with Crippen molar-refractivity contribution in [3.63, 3.8) is 0 Å². The molecule has 0 saturated heterocycles. The maximum atomic E-state index is 11.5. The van der Waals surface area contributed by atoms with Gasteiger partial charge in [0, 0.05) is 22.0 Å². The Bertz CT molecular complexity index is 580. The molecule has 2 N–H and O–H groups in total. The van der Waals surface area contributed by atoms with E-state index in [0.717, 1.165) is 15.7 Å². The van der Waals surface area contributed by atoms with Gasteiger partial charge >= 0.3 is 6.03 Å². The van der Waals surface area contributed by atoms with Gasteiger partial charge in [-0.15, -0.1) is 17.9 Å². The zero-order valence-electron chi connectivity index (χ0n) is 10.0. The Morgan fingerprint density at radius 1 is 1.42 bits per heavy atom. The van der Waals surface area contributed by atoms with Gasteiger partial charge in [0.15, 0.2) is 5.13 Å². The number of hydrogen-bond donors (Lipinski definition) is 2. The first-order chi connectivity index (χ1) is 9.19. The fraction of sp³-hybridized carbons (Fsp3) is 0.0769. The summed E-state index contributed by atoms with van der Waals surface area (Å²) in [6.07, 6.45) is 1.62. The Labute approximate surface area is 123 Å². The third-order valence-corrected chi connectivity index (χ3v) is 3.56. The lowest BCUT2D eigenvalue weighted by atomic mass is 10.2. The number of urea groups is 1. The minimum absolute atomic E-state index is 0.281. The van der Waals surface area contributed by atoms with Crippen LogP contribution in [0.15, 0.2) is 46.8 Å². The molecule has 1 aromatic heterocycles. The standard InChI is InChI=1S/C13H12BrN3OS/c1-2-7-15-12(18)17-13-16-11(8-19-13)9-3-5-10(14)6-4-9/h2-6,8H,1,7H2,(H2,15,16,17,18). The van der Waals surface area contributed by atoms with Crippen molar-refractivity contribution < 1.29 is 4.79 Å². The van der Waals surface area contributed by atoms with Crippen molar-refractivity contribution in [1.82, 2.24) is 10.3 Å². The molecule has 1 heterocycles. The summed E-state index contributed by atoms with van der Waals surface area (Å²) in [4.78, 5) is 15.8. The fourth-order valence-electron chi connectivity index (χ4n) is 1.39. The molecule has 0 unspecified atom stereocenters. The molecule has 0 aliphatic rings. The van der Waals surface area contributed by atoms with Gasteiger partial charge in [-0.2, -0.15) is 0 Å².